The smallest absolute Gasteiger partial charge is 0.316 e. The van der Waals surface area contributed by atoms with E-state index in [1.807, 2.05) is 11.8 Å². The van der Waals surface area contributed by atoms with Crippen LogP contribution in [0.5, 0.6) is 6.01 Å². The Labute approximate surface area is 111 Å². The summed E-state index contributed by atoms with van der Waals surface area (Å²) in [5.74, 6) is 0.205. The van der Waals surface area contributed by atoms with E-state index in [2.05, 4.69) is 9.97 Å². The lowest BCUT2D eigenvalue weighted by Crippen LogP contribution is -2.41. The molecule has 0 atom stereocenters. The molecule has 0 aromatic carbocycles. The molecule has 18 heavy (non-hydrogen) atoms. The number of likely N-dealkylation sites (tertiary alicyclic amines) is 1. The highest BCUT2D eigenvalue weighted by Gasteiger charge is 2.23. The van der Waals surface area contributed by atoms with Crippen molar-refractivity contribution in [3.05, 3.63) is 17.4 Å². The number of piperidine rings is 1. The Bertz CT molecular complexity index is 402. The molecule has 1 aromatic heterocycles. The lowest BCUT2D eigenvalue weighted by molar-refractivity contribution is -0.132. The van der Waals surface area contributed by atoms with Crippen molar-refractivity contribution in [2.45, 2.75) is 32.3 Å². The van der Waals surface area contributed by atoms with E-state index < -0.39 is 0 Å². The molecule has 6 heteroatoms. The number of halogens is 1. The third kappa shape index (κ3) is 3.32. The van der Waals surface area contributed by atoms with E-state index in [9.17, 15) is 4.79 Å². The summed E-state index contributed by atoms with van der Waals surface area (Å²) >= 11 is 5.70. The topological polar surface area (TPSA) is 55.3 Å². The van der Waals surface area contributed by atoms with Crippen LogP contribution in [0.1, 0.15) is 26.2 Å². The molecule has 1 aromatic rings. The number of carbonyl (C=O) groups is 1. The van der Waals surface area contributed by atoms with Gasteiger partial charge >= 0.3 is 6.01 Å². The van der Waals surface area contributed by atoms with Crippen molar-refractivity contribution in [2.24, 2.45) is 0 Å². The van der Waals surface area contributed by atoms with E-state index in [4.69, 9.17) is 16.3 Å². The van der Waals surface area contributed by atoms with Crippen LogP contribution < -0.4 is 4.74 Å². The van der Waals surface area contributed by atoms with Crippen molar-refractivity contribution < 1.29 is 9.53 Å². The Hall–Kier alpha value is -1.36. The van der Waals surface area contributed by atoms with E-state index in [0.29, 0.717) is 17.5 Å². The fraction of sp³-hybridized carbons (Fsp3) is 0.583. The van der Waals surface area contributed by atoms with Crippen LogP contribution in [0.15, 0.2) is 12.4 Å². The third-order valence-corrected chi connectivity index (χ3v) is 3.16. The first-order valence-corrected chi connectivity index (χ1v) is 6.49. The summed E-state index contributed by atoms with van der Waals surface area (Å²) in [6.45, 7) is 3.36. The van der Waals surface area contributed by atoms with Crippen molar-refractivity contribution in [2.75, 3.05) is 13.1 Å². The molecular weight excluding hydrogens is 254 g/mol. The molecule has 1 aliphatic heterocycles. The van der Waals surface area contributed by atoms with Gasteiger partial charge in [0.1, 0.15) is 6.10 Å². The van der Waals surface area contributed by atoms with E-state index in [-0.39, 0.29) is 12.0 Å². The first-order chi connectivity index (χ1) is 8.69. The fourth-order valence-corrected chi connectivity index (χ4v) is 2.05. The highest BCUT2D eigenvalue weighted by molar-refractivity contribution is 6.30. The molecule has 0 N–H and O–H groups in total. The number of rotatable bonds is 3. The first-order valence-electron chi connectivity index (χ1n) is 6.11. The Morgan fingerprint density at radius 2 is 2.06 bits per heavy atom. The highest BCUT2D eigenvalue weighted by Crippen LogP contribution is 2.17. The van der Waals surface area contributed by atoms with Gasteiger partial charge in [0.05, 0.1) is 17.4 Å². The van der Waals surface area contributed by atoms with Gasteiger partial charge in [-0.1, -0.05) is 18.5 Å². The maximum atomic E-state index is 11.5. The summed E-state index contributed by atoms with van der Waals surface area (Å²) in [5.41, 5.74) is 0. The predicted octanol–water partition coefficient (Wildman–Crippen LogP) is 1.91. The van der Waals surface area contributed by atoms with Crippen LogP contribution in [0.3, 0.4) is 0 Å². The Balaban J connectivity index is 1.83. The molecule has 1 amide bonds. The molecule has 2 heterocycles. The standard InChI is InChI=1S/C12H16ClN3O2/c1-2-11(17)16-5-3-10(4-6-16)18-12-14-7-9(13)8-15-12/h7-8,10H,2-6H2,1H3. The summed E-state index contributed by atoms with van der Waals surface area (Å²) in [6.07, 6.45) is 5.30. The fourth-order valence-electron chi connectivity index (χ4n) is 1.96. The maximum Gasteiger partial charge on any atom is 0.316 e. The van der Waals surface area contributed by atoms with Crippen LogP contribution in [0.4, 0.5) is 0 Å². The van der Waals surface area contributed by atoms with Crippen molar-refractivity contribution in [1.29, 1.82) is 0 Å². The quantitative estimate of drug-likeness (QED) is 0.841. The van der Waals surface area contributed by atoms with Crippen LogP contribution >= 0.6 is 11.6 Å². The molecular formula is C12H16ClN3O2. The molecule has 0 spiro atoms. The SMILES string of the molecule is CCC(=O)N1CCC(Oc2ncc(Cl)cn2)CC1. The van der Waals surface area contributed by atoms with Crippen molar-refractivity contribution in [3.8, 4) is 6.01 Å². The molecule has 1 saturated heterocycles. The van der Waals surface area contributed by atoms with Gasteiger partial charge in [0.15, 0.2) is 0 Å². The summed E-state index contributed by atoms with van der Waals surface area (Å²) in [6, 6.07) is 0.347. The van der Waals surface area contributed by atoms with Gasteiger partial charge in [-0.2, -0.15) is 0 Å². The van der Waals surface area contributed by atoms with Crippen molar-refractivity contribution >= 4 is 17.5 Å². The van der Waals surface area contributed by atoms with Gasteiger partial charge in [-0.15, -0.1) is 0 Å². The van der Waals surface area contributed by atoms with E-state index in [1.165, 1.54) is 12.4 Å². The molecule has 0 radical (unpaired) electrons. The number of nitrogens with zero attached hydrogens (tertiary/aromatic N) is 3. The molecule has 0 saturated carbocycles. The second-order valence-corrected chi connectivity index (χ2v) is 4.67. The van der Waals surface area contributed by atoms with E-state index in [0.717, 1.165) is 25.9 Å². The molecule has 2 rings (SSSR count). The number of aromatic nitrogens is 2. The van der Waals surface area contributed by atoms with Crippen LogP contribution in [0, 0.1) is 0 Å². The van der Waals surface area contributed by atoms with E-state index in [1.54, 1.807) is 0 Å². The van der Waals surface area contributed by atoms with E-state index >= 15 is 0 Å². The Morgan fingerprint density at radius 3 is 2.61 bits per heavy atom. The second kappa shape index (κ2) is 6.00. The zero-order chi connectivity index (χ0) is 13.0. The highest BCUT2D eigenvalue weighted by atomic mass is 35.5. The van der Waals surface area contributed by atoms with Crippen LogP contribution in [0.2, 0.25) is 5.02 Å². The number of carbonyl (C=O) groups excluding carboxylic acids is 1. The average molecular weight is 270 g/mol. The van der Waals surface area contributed by atoms with Crippen molar-refractivity contribution in [3.63, 3.8) is 0 Å². The van der Waals surface area contributed by atoms with Gasteiger partial charge in [0, 0.05) is 32.4 Å². The van der Waals surface area contributed by atoms with Crippen molar-refractivity contribution in [1.82, 2.24) is 14.9 Å². The average Bonchev–Trinajstić information content (AvgIpc) is 2.41. The monoisotopic (exact) mass is 269 g/mol. The molecule has 0 bridgehead atoms. The molecule has 98 valence electrons. The van der Waals surface area contributed by atoms with Gasteiger partial charge < -0.3 is 9.64 Å². The minimum absolute atomic E-state index is 0.0760. The summed E-state index contributed by atoms with van der Waals surface area (Å²) in [4.78, 5) is 21.4. The third-order valence-electron chi connectivity index (χ3n) is 2.97. The predicted molar refractivity (Wildman–Crippen MR) is 67.6 cm³/mol. The summed E-state index contributed by atoms with van der Waals surface area (Å²) in [5, 5.41) is 0.491. The molecule has 1 fully saturated rings. The number of hydrogen-bond donors (Lipinski definition) is 0. The second-order valence-electron chi connectivity index (χ2n) is 4.24. The maximum absolute atomic E-state index is 11.5. The molecule has 1 aliphatic rings. The summed E-state index contributed by atoms with van der Waals surface area (Å²) < 4.78 is 5.65. The minimum Gasteiger partial charge on any atom is -0.460 e. The number of hydrogen-bond acceptors (Lipinski definition) is 4. The normalized spacial score (nSPS) is 16.7. The van der Waals surface area contributed by atoms with Crippen LogP contribution in [-0.2, 0) is 4.79 Å². The Morgan fingerprint density at radius 1 is 1.44 bits per heavy atom. The minimum atomic E-state index is 0.0760. The van der Waals surface area contributed by atoms with Gasteiger partial charge in [0.25, 0.3) is 0 Å². The largest absolute Gasteiger partial charge is 0.460 e. The van der Waals surface area contributed by atoms with Gasteiger partial charge in [-0.25, -0.2) is 9.97 Å². The molecule has 0 aliphatic carbocycles. The molecule has 0 unspecified atom stereocenters. The molecule has 5 nitrogen and oxygen atoms in total. The zero-order valence-corrected chi connectivity index (χ0v) is 11.1. The van der Waals surface area contributed by atoms with Gasteiger partial charge in [0.2, 0.25) is 5.91 Å². The zero-order valence-electron chi connectivity index (χ0n) is 10.3. The van der Waals surface area contributed by atoms with Gasteiger partial charge in [-0.3, -0.25) is 4.79 Å². The number of amides is 1. The first kappa shape index (κ1) is 13.1. The lowest BCUT2D eigenvalue weighted by atomic mass is 10.1. The lowest BCUT2D eigenvalue weighted by Gasteiger charge is -2.31. The van der Waals surface area contributed by atoms with Crippen LogP contribution in [0.25, 0.3) is 0 Å². The summed E-state index contributed by atoms with van der Waals surface area (Å²) in [7, 11) is 0. The van der Waals surface area contributed by atoms with Crippen LogP contribution in [-0.4, -0.2) is 40.0 Å². The van der Waals surface area contributed by atoms with Gasteiger partial charge in [-0.05, 0) is 0 Å². The Kier molecular flexibility index (Phi) is 4.36. The number of ether oxygens (including phenoxy) is 1.